The number of hydrogen-bond donors (Lipinski definition) is 1. The molecule has 2 fully saturated rings. The number of piperazine rings is 1. The minimum Gasteiger partial charge on any atom is -0.339 e. The van der Waals surface area contributed by atoms with Gasteiger partial charge in [0, 0.05) is 56.7 Å². The molecule has 6 nitrogen and oxygen atoms in total. The zero-order chi connectivity index (χ0) is 20.3. The Balaban J connectivity index is 1.47. The molecule has 1 aromatic rings. The average Bonchev–Trinajstić information content (AvgIpc) is 2.70. The molecule has 1 saturated heterocycles. The summed E-state index contributed by atoms with van der Waals surface area (Å²) >= 11 is 0. The van der Waals surface area contributed by atoms with Crippen LogP contribution in [0.1, 0.15) is 32.6 Å². The van der Waals surface area contributed by atoms with Gasteiger partial charge >= 0.3 is 0 Å². The number of nitrogens with zero attached hydrogens (tertiary/aromatic N) is 2. The Morgan fingerprint density at radius 1 is 0.893 bits per heavy atom. The standard InChI is InChI=1S/C20H25F2N3O3/c1-13(26)24-8-10-25(11-9-24)20(28)15-4-2-14(3-5-15)19(27)23-16-6-7-17(21)18(22)12-16/h6-7,12,14-15H,2-5,8-11H2,1H3,(H,23,27). The first-order chi connectivity index (χ1) is 13.3. The van der Waals surface area contributed by atoms with Crippen molar-refractivity contribution in [2.24, 2.45) is 11.8 Å². The summed E-state index contributed by atoms with van der Waals surface area (Å²) < 4.78 is 26.2. The van der Waals surface area contributed by atoms with Crippen LogP contribution in [0.5, 0.6) is 0 Å². The van der Waals surface area contributed by atoms with Gasteiger partial charge in [-0.2, -0.15) is 0 Å². The highest BCUT2D eigenvalue weighted by Gasteiger charge is 2.33. The first kappa shape index (κ1) is 20.2. The summed E-state index contributed by atoms with van der Waals surface area (Å²) in [4.78, 5) is 40.0. The second-order valence-corrected chi connectivity index (χ2v) is 7.50. The van der Waals surface area contributed by atoms with E-state index in [1.165, 1.54) is 13.0 Å². The van der Waals surface area contributed by atoms with Crippen LogP contribution in [0, 0.1) is 23.5 Å². The van der Waals surface area contributed by atoms with Gasteiger partial charge in [0.15, 0.2) is 11.6 Å². The molecule has 0 atom stereocenters. The molecule has 0 radical (unpaired) electrons. The molecule has 8 heteroatoms. The van der Waals surface area contributed by atoms with Crippen LogP contribution in [0.4, 0.5) is 14.5 Å². The molecule has 3 amide bonds. The molecular formula is C20H25F2N3O3. The Morgan fingerprint density at radius 2 is 1.46 bits per heavy atom. The van der Waals surface area contributed by atoms with Gasteiger partial charge in [0.25, 0.3) is 0 Å². The number of nitrogens with one attached hydrogen (secondary N) is 1. The largest absolute Gasteiger partial charge is 0.339 e. The SMILES string of the molecule is CC(=O)N1CCN(C(=O)C2CCC(C(=O)Nc3ccc(F)c(F)c3)CC2)CC1. The normalized spacial score (nSPS) is 22.7. The van der Waals surface area contributed by atoms with Crippen molar-refractivity contribution in [1.82, 2.24) is 9.80 Å². The van der Waals surface area contributed by atoms with E-state index in [0.717, 1.165) is 12.1 Å². The molecular weight excluding hydrogens is 368 g/mol. The van der Waals surface area contributed by atoms with Gasteiger partial charge in [0.2, 0.25) is 17.7 Å². The Labute approximate surface area is 162 Å². The molecule has 1 aliphatic carbocycles. The predicted octanol–water partition coefficient (Wildman–Crippen LogP) is 2.40. The summed E-state index contributed by atoms with van der Waals surface area (Å²) in [5.41, 5.74) is 0.227. The molecule has 1 heterocycles. The minimum atomic E-state index is -1.00. The number of benzene rings is 1. The van der Waals surface area contributed by atoms with Crippen molar-refractivity contribution in [3.8, 4) is 0 Å². The topological polar surface area (TPSA) is 69.7 Å². The van der Waals surface area contributed by atoms with Crippen molar-refractivity contribution in [3.63, 3.8) is 0 Å². The van der Waals surface area contributed by atoms with E-state index in [1.54, 1.807) is 4.90 Å². The zero-order valence-corrected chi connectivity index (χ0v) is 15.9. The molecule has 3 rings (SSSR count). The van der Waals surface area contributed by atoms with E-state index in [0.29, 0.717) is 51.9 Å². The summed E-state index contributed by atoms with van der Waals surface area (Å²) in [5, 5.41) is 2.62. The molecule has 0 unspecified atom stereocenters. The summed E-state index contributed by atoms with van der Waals surface area (Å²) in [6.07, 6.45) is 2.42. The number of amides is 3. The van der Waals surface area contributed by atoms with Gasteiger partial charge in [-0.05, 0) is 37.8 Å². The van der Waals surface area contributed by atoms with Gasteiger partial charge in [-0.25, -0.2) is 8.78 Å². The van der Waals surface area contributed by atoms with Crippen molar-refractivity contribution >= 4 is 23.4 Å². The third-order valence-corrected chi connectivity index (χ3v) is 5.67. The smallest absolute Gasteiger partial charge is 0.227 e. The number of carbonyl (C=O) groups is 3. The Hall–Kier alpha value is -2.51. The molecule has 1 N–H and O–H groups in total. The third kappa shape index (κ3) is 4.66. The highest BCUT2D eigenvalue weighted by Crippen LogP contribution is 2.31. The first-order valence-corrected chi connectivity index (χ1v) is 9.65. The summed E-state index contributed by atoms with van der Waals surface area (Å²) in [5.74, 6) is -2.41. The van der Waals surface area contributed by atoms with Crippen molar-refractivity contribution < 1.29 is 23.2 Å². The maximum Gasteiger partial charge on any atom is 0.227 e. The van der Waals surface area contributed by atoms with Gasteiger partial charge in [0.1, 0.15) is 0 Å². The van der Waals surface area contributed by atoms with Crippen molar-refractivity contribution in [3.05, 3.63) is 29.8 Å². The van der Waals surface area contributed by atoms with E-state index in [1.807, 2.05) is 4.90 Å². The Kier molecular flexibility index (Phi) is 6.26. The Morgan fingerprint density at radius 3 is 2.04 bits per heavy atom. The van der Waals surface area contributed by atoms with Gasteiger partial charge < -0.3 is 15.1 Å². The molecule has 1 saturated carbocycles. The lowest BCUT2D eigenvalue weighted by atomic mass is 9.80. The van der Waals surface area contributed by atoms with E-state index in [-0.39, 0.29) is 35.2 Å². The molecule has 1 aromatic carbocycles. The first-order valence-electron chi connectivity index (χ1n) is 9.65. The van der Waals surface area contributed by atoms with Crippen LogP contribution in [0.25, 0.3) is 0 Å². The number of carbonyl (C=O) groups excluding carboxylic acids is 3. The maximum atomic E-state index is 13.3. The van der Waals surface area contributed by atoms with Crippen LogP contribution >= 0.6 is 0 Å². The Bertz CT molecular complexity index is 755. The van der Waals surface area contributed by atoms with E-state index < -0.39 is 11.6 Å². The lowest BCUT2D eigenvalue weighted by Gasteiger charge is -2.37. The second kappa shape index (κ2) is 8.67. The molecule has 0 bridgehead atoms. The molecule has 0 aromatic heterocycles. The molecule has 2 aliphatic rings. The van der Waals surface area contributed by atoms with Crippen LogP contribution in [-0.2, 0) is 14.4 Å². The van der Waals surface area contributed by atoms with Crippen LogP contribution in [0.2, 0.25) is 0 Å². The summed E-state index contributed by atoms with van der Waals surface area (Å²) in [6.45, 7) is 3.76. The second-order valence-electron chi connectivity index (χ2n) is 7.50. The highest BCUT2D eigenvalue weighted by molar-refractivity contribution is 5.92. The summed E-state index contributed by atoms with van der Waals surface area (Å²) in [6, 6.07) is 3.27. The fraction of sp³-hybridized carbons (Fsp3) is 0.550. The molecule has 0 spiro atoms. The molecule has 152 valence electrons. The lowest BCUT2D eigenvalue weighted by molar-refractivity contribution is -0.142. The van der Waals surface area contributed by atoms with Crippen LogP contribution in [0.15, 0.2) is 18.2 Å². The number of anilines is 1. The van der Waals surface area contributed by atoms with Crippen molar-refractivity contribution in [2.75, 3.05) is 31.5 Å². The van der Waals surface area contributed by atoms with E-state index in [2.05, 4.69) is 5.32 Å². The summed E-state index contributed by atoms with van der Waals surface area (Å²) in [7, 11) is 0. The third-order valence-electron chi connectivity index (χ3n) is 5.67. The van der Waals surface area contributed by atoms with Gasteiger partial charge in [-0.1, -0.05) is 0 Å². The molecule has 1 aliphatic heterocycles. The monoisotopic (exact) mass is 393 g/mol. The average molecular weight is 393 g/mol. The lowest BCUT2D eigenvalue weighted by Crippen LogP contribution is -2.51. The zero-order valence-electron chi connectivity index (χ0n) is 15.9. The molecule has 28 heavy (non-hydrogen) atoms. The fourth-order valence-corrected chi connectivity index (χ4v) is 3.92. The van der Waals surface area contributed by atoms with Crippen LogP contribution in [-0.4, -0.2) is 53.7 Å². The van der Waals surface area contributed by atoms with Gasteiger partial charge in [-0.3, -0.25) is 14.4 Å². The quantitative estimate of drug-likeness (QED) is 0.857. The van der Waals surface area contributed by atoms with Crippen LogP contribution in [0.3, 0.4) is 0 Å². The number of rotatable bonds is 3. The van der Waals surface area contributed by atoms with Gasteiger partial charge in [0.05, 0.1) is 0 Å². The number of hydrogen-bond acceptors (Lipinski definition) is 3. The fourth-order valence-electron chi connectivity index (χ4n) is 3.92. The highest BCUT2D eigenvalue weighted by atomic mass is 19.2. The van der Waals surface area contributed by atoms with Crippen molar-refractivity contribution in [1.29, 1.82) is 0 Å². The maximum absolute atomic E-state index is 13.3. The van der Waals surface area contributed by atoms with E-state index in [9.17, 15) is 23.2 Å². The minimum absolute atomic E-state index is 0.0275. The number of halogens is 2. The van der Waals surface area contributed by atoms with Crippen molar-refractivity contribution in [2.45, 2.75) is 32.6 Å². The van der Waals surface area contributed by atoms with E-state index in [4.69, 9.17) is 0 Å². The van der Waals surface area contributed by atoms with Crippen LogP contribution < -0.4 is 5.32 Å². The predicted molar refractivity (Wildman–Crippen MR) is 99.3 cm³/mol. The van der Waals surface area contributed by atoms with Gasteiger partial charge in [-0.15, -0.1) is 0 Å². The van der Waals surface area contributed by atoms with E-state index >= 15 is 0 Å².